The zero-order chi connectivity index (χ0) is 19.9. The van der Waals surface area contributed by atoms with E-state index in [1.807, 2.05) is 30.3 Å². The average molecular weight is 383 g/mol. The number of aliphatic imine (C=N–C) groups is 1. The highest BCUT2D eigenvalue weighted by Crippen LogP contribution is 2.33. The maximum Gasteiger partial charge on any atom is 0.208 e. The smallest absolute Gasteiger partial charge is 0.208 e. The van der Waals surface area contributed by atoms with Crippen molar-refractivity contribution in [3.63, 3.8) is 0 Å². The van der Waals surface area contributed by atoms with Gasteiger partial charge >= 0.3 is 0 Å². The van der Waals surface area contributed by atoms with E-state index in [1.165, 1.54) is 0 Å². The molecule has 2 aromatic rings. The average Bonchev–Trinajstić information content (AvgIpc) is 3.08. The normalized spacial score (nSPS) is 21.6. The first kappa shape index (κ1) is 19.7. The van der Waals surface area contributed by atoms with E-state index in [1.54, 1.807) is 13.1 Å². The molecule has 0 bridgehead atoms. The molecule has 2 heterocycles. The van der Waals surface area contributed by atoms with E-state index in [9.17, 15) is 9.50 Å². The van der Waals surface area contributed by atoms with Gasteiger partial charge in [0.15, 0.2) is 17.9 Å². The van der Waals surface area contributed by atoms with Gasteiger partial charge in [-0.05, 0) is 18.4 Å². The van der Waals surface area contributed by atoms with E-state index in [-0.39, 0.29) is 24.7 Å². The fourth-order valence-corrected chi connectivity index (χ4v) is 2.88. The number of halogens is 1. The topological polar surface area (TPSA) is 91.7 Å². The molecule has 0 aliphatic carbocycles. The molecule has 3 rings (SSSR count). The number of nitrogens with zero attached hydrogens (tertiary/aromatic N) is 3. The summed E-state index contributed by atoms with van der Waals surface area (Å²) >= 11 is 0. The van der Waals surface area contributed by atoms with Crippen molar-refractivity contribution in [3.05, 3.63) is 41.7 Å². The van der Waals surface area contributed by atoms with Crippen LogP contribution in [-0.2, 0) is 11.3 Å². The molecule has 1 aliphatic heterocycles. The van der Waals surface area contributed by atoms with E-state index in [2.05, 4.69) is 31.5 Å². The van der Waals surface area contributed by atoms with Gasteiger partial charge < -0.3 is 20.5 Å². The van der Waals surface area contributed by atoms with Gasteiger partial charge in [0, 0.05) is 19.2 Å². The zero-order valence-electron chi connectivity index (χ0n) is 15.5. The molecule has 1 aromatic heterocycles. The lowest BCUT2D eigenvalue weighted by molar-refractivity contribution is 0.0152. The molecule has 8 heteroatoms. The Kier molecular flexibility index (Phi) is 6.53. The van der Waals surface area contributed by atoms with Crippen LogP contribution in [0.25, 0.3) is 0 Å². The molecule has 3 N–H and O–H groups in total. The summed E-state index contributed by atoms with van der Waals surface area (Å²) in [6.07, 6.45) is 4.38. The van der Waals surface area contributed by atoms with E-state index in [4.69, 9.17) is 11.2 Å². The predicted octanol–water partition coefficient (Wildman–Crippen LogP) is 2.65. The van der Waals surface area contributed by atoms with Crippen molar-refractivity contribution >= 4 is 23.5 Å². The van der Waals surface area contributed by atoms with Crippen molar-refractivity contribution in [1.82, 2.24) is 9.97 Å². The minimum atomic E-state index is -1.29. The summed E-state index contributed by atoms with van der Waals surface area (Å²) in [5, 5.41) is 15.3. The summed E-state index contributed by atoms with van der Waals surface area (Å²) < 4.78 is 19.7. The number of nitrogens with one attached hydrogen (secondary N) is 2. The number of benzene rings is 1. The maximum absolute atomic E-state index is 14.2. The number of terminal acetylenes is 1. The number of alkyl halides is 1. The van der Waals surface area contributed by atoms with Gasteiger partial charge in [-0.1, -0.05) is 30.3 Å². The summed E-state index contributed by atoms with van der Waals surface area (Å²) in [6.45, 7) is 2.01. The molecule has 28 heavy (non-hydrogen) atoms. The maximum atomic E-state index is 14.2. The number of ether oxygens (including phenoxy) is 1. The van der Waals surface area contributed by atoms with Gasteiger partial charge in [0.1, 0.15) is 11.9 Å². The third kappa shape index (κ3) is 4.63. The Bertz CT molecular complexity index is 869. The first-order valence-corrected chi connectivity index (χ1v) is 8.96. The molecule has 1 aromatic carbocycles. The number of aromatic nitrogens is 2. The molecular weight excluding hydrogens is 361 g/mol. The lowest BCUT2D eigenvalue weighted by Crippen LogP contribution is -2.28. The van der Waals surface area contributed by atoms with Crippen LogP contribution in [0.2, 0.25) is 0 Å². The number of hydrogen-bond donors (Lipinski definition) is 3. The Morgan fingerprint density at radius 3 is 2.75 bits per heavy atom. The molecule has 1 saturated heterocycles. The third-order valence-corrected chi connectivity index (χ3v) is 4.21. The van der Waals surface area contributed by atoms with Crippen molar-refractivity contribution in [2.24, 2.45) is 4.99 Å². The van der Waals surface area contributed by atoms with Crippen molar-refractivity contribution in [3.8, 4) is 12.3 Å². The van der Waals surface area contributed by atoms with Crippen LogP contribution in [0.5, 0.6) is 0 Å². The minimum absolute atomic E-state index is 0.104. The van der Waals surface area contributed by atoms with Crippen molar-refractivity contribution in [2.45, 2.75) is 38.4 Å². The number of hydrogen-bond acceptors (Lipinski definition) is 7. The van der Waals surface area contributed by atoms with Gasteiger partial charge in [-0.25, -0.2) is 14.4 Å². The van der Waals surface area contributed by atoms with Crippen LogP contribution in [0.3, 0.4) is 0 Å². The number of aliphatic hydroxyl groups excluding tert-OH is 1. The minimum Gasteiger partial charge on any atom is -0.394 e. The molecular formula is C20H22FN5O2. The molecule has 7 nitrogen and oxygen atoms in total. The van der Waals surface area contributed by atoms with Crippen LogP contribution in [0.15, 0.2) is 35.3 Å². The first-order valence-electron chi connectivity index (χ1n) is 8.96. The van der Waals surface area contributed by atoms with Crippen LogP contribution in [0.4, 0.5) is 21.7 Å². The summed E-state index contributed by atoms with van der Waals surface area (Å²) in [4.78, 5) is 12.9. The van der Waals surface area contributed by atoms with Gasteiger partial charge in [-0.2, -0.15) is 0 Å². The second-order valence-electron chi connectivity index (χ2n) is 6.22. The quantitative estimate of drug-likeness (QED) is 0.503. The van der Waals surface area contributed by atoms with Gasteiger partial charge in [-0.15, -0.1) is 6.42 Å². The Balaban J connectivity index is 1.89. The highest BCUT2D eigenvalue weighted by molar-refractivity contribution is 5.78. The molecule has 1 fully saturated rings. The Morgan fingerprint density at radius 1 is 1.36 bits per heavy atom. The second-order valence-corrected chi connectivity index (χ2v) is 6.22. The molecule has 3 atom stereocenters. The molecule has 0 saturated carbocycles. The highest BCUT2D eigenvalue weighted by atomic mass is 19.1. The van der Waals surface area contributed by atoms with Gasteiger partial charge in [0.2, 0.25) is 5.82 Å². The van der Waals surface area contributed by atoms with Gasteiger partial charge in [-0.3, -0.25) is 4.99 Å². The fourth-order valence-electron chi connectivity index (χ4n) is 2.88. The lowest BCUT2D eigenvalue weighted by atomic mass is 10.2. The van der Waals surface area contributed by atoms with Crippen molar-refractivity contribution < 1.29 is 14.2 Å². The van der Waals surface area contributed by atoms with Crippen LogP contribution >= 0.6 is 0 Å². The fraction of sp³-hybridized carbons (Fsp3) is 0.350. The number of aliphatic hydroxyl groups is 1. The Hall–Kier alpha value is -3.02. The predicted molar refractivity (Wildman–Crippen MR) is 106 cm³/mol. The molecule has 1 aliphatic rings. The molecule has 0 spiro atoms. The summed E-state index contributed by atoms with van der Waals surface area (Å²) in [5.74, 6) is 3.24. The largest absolute Gasteiger partial charge is 0.394 e. The Labute approximate surface area is 163 Å². The van der Waals surface area contributed by atoms with E-state index >= 15 is 0 Å². The summed E-state index contributed by atoms with van der Waals surface area (Å²) in [5.41, 5.74) is 1.46. The highest BCUT2D eigenvalue weighted by Gasteiger charge is 2.36. The lowest BCUT2D eigenvalue weighted by Gasteiger charge is -2.19. The van der Waals surface area contributed by atoms with Gasteiger partial charge in [0.25, 0.3) is 0 Å². The van der Waals surface area contributed by atoms with Crippen LogP contribution in [0.1, 0.15) is 24.7 Å². The molecule has 0 unspecified atom stereocenters. The Morgan fingerprint density at radius 2 is 2.11 bits per heavy atom. The SMILES string of the molecule is C#Cc1nc(NCc2ccccc2)c(N=CC)c(N[C@@H]2O[C@H](CO)C[C@@H]2F)n1. The van der Waals surface area contributed by atoms with Crippen LogP contribution in [0, 0.1) is 12.3 Å². The summed E-state index contributed by atoms with van der Waals surface area (Å²) in [6, 6.07) is 9.78. The first-order chi connectivity index (χ1) is 13.6. The van der Waals surface area contributed by atoms with Crippen molar-refractivity contribution in [1.29, 1.82) is 0 Å². The molecule has 0 radical (unpaired) electrons. The van der Waals surface area contributed by atoms with Crippen molar-refractivity contribution in [2.75, 3.05) is 17.2 Å². The van der Waals surface area contributed by atoms with E-state index < -0.39 is 18.5 Å². The standard InChI is InChI=1S/C20H22FN5O2/c1-3-16-24-18(23-11-13-8-6-5-7-9-13)17(22-4-2)19(25-16)26-20-15(21)10-14(12-27)28-20/h1,4-9,14-15,20,27H,10-12H2,2H3,(H2,23,24,25,26)/t14-,15-,20+/m0/s1. The van der Waals surface area contributed by atoms with Gasteiger partial charge in [0.05, 0.1) is 12.7 Å². The summed E-state index contributed by atoms with van der Waals surface area (Å²) in [7, 11) is 0. The number of anilines is 2. The van der Waals surface area contributed by atoms with E-state index in [0.717, 1.165) is 5.56 Å². The third-order valence-electron chi connectivity index (χ3n) is 4.21. The molecule has 146 valence electrons. The molecule has 0 amide bonds. The van der Waals surface area contributed by atoms with E-state index in [0.29, 0.717) is 18.1 Å². The number of rotatable bonds is 7. The second kappa shape index (κ2) is 9.26. The van der Waals surface area contributed by atoms with Crippen LogP contribution in [-0.4, -0.2) is 46.4 Å². The van der Waals surface area contributed by atoms with Crippen LogP contribution < -0.4 is 10.6 Å². The zero-order valence-corrected chi connectivity index (χ0v) is 15.5. The monoisotopic (exact) mass is 383 g/mol.